The van der Waals surface area contributed by atoms with Crippen LogP contribution in [-0.2, 0) is 4.79 Å². The minimum atomic E-state index is -2.83. The van der Waals surface area contributed by atoms with Crippen molar-refractivity contribution < 1.29 is 23.4 Å². The monoisotopic (exact) mass is 228 g/mol. The van der Waals surface area contributed by atoms with Gasteiger partial charge in [0.15, 0.2) is 0 Å². The SMILES string of the molecule is O=C(O)[C@@H]1C[C@H]1c1ccc(OC(F)F)cc1. The fourth-order valence-corrected chi connectivity index (χ4v) is 1.73. The molecule has 2 atom stereocenters. The van der Waals surface area contributed by atoms with Gasteiger partial charge >= 0.3 is 12.6 Å². The molecule has 1 aliphatic carbocycles. The molecule has 2 rings (SSSR count). The van der Waals surface area contributed by atoms with Crippen LogP contribution < -0.4 is 4.74 Å². The number of halogens is 2. The molecule has 0 amide bonds. The van der Waals surface area contributed by atoms with Crippen LogP contribution in [0.25, 0.3) is 0 Å². The Hall–Kier alpha value is -1.65. The summed E-state index contributed by atoms with van der Waals surface area (Å²) in [4.78, 5) is 10.6. The van der Waals surface area contributed by atoms with E-state index in [2.05, 4.69) is 4.74 Å². The molecular formula is C11H10F2O3. The van der Waals surface area contributed by atoms with E-state index in [0.29, 0.717) is 6.42 Å². The van der Waals surface area contributed by atoms with Crippen molar-refractivity contribution in [3.8, 4) is 5.75 Å². The number of carboxylic acids is 1. The first-order chi connectivity index (χ1) is 7.58. The average molecular weight is 228 g/mol. The van der Waals surface area contributed by atoms with Gasteiger partial charge in [-0.05, 0) is 30.0 Å². The Bertz CT molecular complexity index is 389. The second kappa shape index (κ2) is 4.08. The standard InChI is InChI=1S/C11H10F2O3/c12-11(13)16-7-3-1-6(2-4-7)8-5-9(8)10(14)15/h1-4,8-9,11H,5H2,(H,14,15)/t8-,9+/m0/s1. The van der Waals surface area contributed by atoms with Gasteiger partial charge in [0.25, 0.3) is 0 Å². The highest BCUT2D eigenvalue weighted by Crippen LogP contribution is 2.47. The highest BCUT2D eigenvalue weighted by Gasteiger charge is 2.44. The van der Waals surface area contributed by atoms with E-state index in [4.69, 9.17) is 5.11 Å². The second-order valence-corrected chi connectivity index (χ2v) is 3.73. The van der Waals surface area contributed by atoms with E-state index in [0.717, 1.165) is 5.56 Å². The third kappa shape index (κ3) is 2.29. The van der Waals surface area contributed by atoms with Gasteiger partial charge in [-0.2, -0.15) is 8.78 Å². The second-order valence-electron chi connectivity index (χ2n) is 3.73. The third-order valence-corrected chi connectivity index (χ3v) is 2.64. The molecule has 0 saturated heterocycles. The number of benzene rings is 1. The van der Waals surface area contributed by atoms with Crippen molar-refractivity contribution in [3.63, 3.8) is 0 Å². The molecule has 3 nitrogen and oxygen atoms in total. The summed E-state index contributed by atoms with van der Waals surface area (Å²) in [6, 6.07) is 6.12. The molecule has 0 aliphatic heterocycles. The van der Waals surface area contributed by atoms with Crippen LogP contribution in [0.3, 0.4) is 0 Å². The number of hydrogen-bond acceptors (Lipinski definition) is 2. The largest absolute Gasteiger partial charge is 0.481 e. The lowest BCUT2D eigenvalue weighted by Gasteiger charge is -2.05. The number of aliphatic carboxylic acids is 1. The molecular weight excluding hydrogens is 218 g/mol. The van der Waals surface area contributed by atoms with E-state index < -0.39 is 12.6 Å². The van der Waals surface area contributed by atoms with E-state index >= 15 is 0 Å². The molecule has 0 aromatic heterocycles. The topological polar surface area (TPSA) is 46.5 Å². The lowest BCUT2D eigenvalue weighted by atomic mass is 10.1. The van der Waals surface area contributed by atoms with E-state index in [-0.39, 0.29) is 17.6 Å². The van der Waals surface area contributed by atoms with Gasteiger partial charge in [0.1, 0.15) is 5.75 Å². The van der Waals surface area contributed by atoms with Crippen LogP contribution in [0.2, 0.25) is 0 Å². The highest BCUT2D eigenvalue weighted by atomic mass is 19.3. The molecule has 1 saturated carbocycles. The van der Waals surface area contributed by atoms with Gasteiger partial charge in [-0.25, -0.2) is 0 Å². The number of hydrogen-bond donors (Lipinski definition) is 1. The van der Waals surface area contributed by atoms with Crippen molar-refractivity contribution in [2.24, 2.45) is 5.92 Å². The van der Waals surface area contributed by atoms with Crippen LogP contribution in [-0.4, -0.2) is 17.7 Å². The molecule has 1 aromatic rings. The Morgan fingerprint density at radius 3 is 2.44 bits per heavy atom. The summed E-state index contributed by atoms with van der Waals surface area (Å²) in [5.74, 6) is -1.04. The minimum Gasteiger partial charge on any atom is -0.481 e. The third-order valence-electron chi connectivity index (χ3n) is 2.64. The summed E-state index contributed by atoms with van der Waals surface area (Å²) in [5.41, 5.74) is 0.856. The molecule has 0 heterocycles. The van der Waals surface area contributed by atoms with E-state index in [1.807, 2.05) is 0 Å². The molecule has 1 aromatic carbocycles. The van der Waals surface area contributed by atoms with Crippen LogP contribution in [0.5, 0.6) is 5.75 Å². The Kier molecular flexibility index (Phi) is 2.77. The van der Waals surface area contributed by atoms with Gasteiger partial charge < -0.3 is 9.84 Å². The average Bonchev–Trinajstić information content (AvgIpc) is 2.97. The predicted octanol–water partition coefficient (Wildman–Crippen LogP) is 2.48. The maximum atomic E-state index is 11.9. The molecule has 1 N–H and O–H groups in total. The summed E-state index contributed by atoms with van der Waals surface area (Å²) >= 11 is 0. The molecule has 0 radical (unpaired) electrons. The molecule has 5 heteroatoms. The van der Waals surface area contributed by atoms with Crippen molar-refractivity contribution in [1.82, 2.24) is 0 Å². The first-order valence-corrected chi connectivity index (χ1v) is 4.85. The van der Waals surface area contributed by atoms with Crippen LogP contribution in [0.1, 0.15) is 17.9 Å². The van der Waals surface area contributed by atoms with Gasteiger partial charge in [0.05, 0.1) is 5.92 Å². The number of rotatable bonds is 4. The number of alkyl halides is 2. The van der Waals surface area contributed by atoms with Crippen LogP contribution in [0.4, 0.5) is 8.78 Å². The van der Waals surface area contributed by atoms with E-state index in [1.165, 1.54) is 12.1 Å². The highest BCUT2D eigenvalue weighted by molar-refractivity contribution is 5.75. The molecule has 0 unspecified atom stereocenters. The number of carboxylic acid groups (broad SMARTS) is 1. The zero-order valence-corrected chi connectivity index (χ0v) is 8.27. The van der Waals surface area contributed by atoms with Crippen LogP contribution in [0.15, 0.2) is 24.3 Å². The summed E-state index contributed by atoms with van der Waals surface area (Å²) in [5, 5.41) is 8.73. The van der Waals surface area contributed by atoms with Gasteiger partial charge in [0, 0.05) is 0 Å². The van der Waals surface area contributed by atoms with Crippen molar-refractivity contribution in [2.45, 2.75) is 19.0 Å². The lowest BCUT2D eigenvalue weighted by molar-refractivity contribution is -0.138. The van der Waals surface area contributed by atoms with Gasteiger partial charge in [-0.3, -0.25) is 4.79 Å². The van der Waals surface area contributed by atoms with Crippen LogP contribution in [0, 0.1) is 5.92 Å². The smallest absolute Gasteiger partial charge is 0.387 e. The van der Waals surface area contributed by atoms with Crippen molar-refractivity contribution >= 4 is 5.97 Å². The Morgan fingerprint density at radius 1 is 1.38 bits per heavy atom. The summed E-state index contributed by atoms with van der Waals surface area (Å²) < 4.78 is 27.9. The molecule has 0 spiro atoms. The van der Waals surface area contributed by atoms with Crippen molar-refractivity contribution in [1.29, 1.82) is 0 Å². The summed E-state index contributed by atoms with van der Waals surface area (Å²) in [6.07, 6.45) is 0.615. The summed E-state index contributed by atoms with van der Waals surface area (Å²) in [7, 11) is 0. The maximum Gasteiger partial charge on any atom is 0.387 e. The fourth-order valence-electron chi connectivity index (χ4n) is 1.73. The minimum absolute atomic E-state index is 0.0121. The maximum absolute atomic E-state index is 11.9. The fraction of sp³-hybridized carbons (Fsp3) is 0.364. The lowest BCUT2D eigenvalue weighted by Crippen LogP contribution is -2.02. The first kappa shape index (κ1) is 10.9. The number of ether oxygens (including phenoxy) is 1. The Balaban J connectivity index is 2.01. The van der Waals surface area contributed by atoms with Gasteiger partial charge in [0.2, 0.25) is 0 Å². The molecule has 0 bridgehead atoms. The molecule has 16 heavy (non-hydrogen) atoms. The number of carbonyl (C=O) groups is 1. The van der Waals surface area contributed by atoms with Crippen molar-refractivity contribution in [2.75, 3.05) is 0 Å². The van der Waals surface area contributed by atoms with E-state index in [1.54, 1.807) is 12.1 Å². The summed E-state index contributed by atoms with van der Waals surface area (Å²) in [6.45, 7) is -2.83. The van der Waals surface area contributed by atoms with E-state index in [9.17, 15) is 13.6 Å². The normalized spacial score (nSPS) is 23.2. The molecule has 86 valence electrons. The Labute approximate surface area is 90.7 Å². The van der Waals surface area contributed by atoms with Crippen LogP contribution >= 0.6 is 0 Å². The molecule has 1 fully saturated rings. The molecule has 1 aliphatic rings. The quantitative estimate of drug-likeness (QED) is 0.861. The van der Waals surface area contributed by atoms with Gasteiger partial charge in [-0.1, -0.05) is 12.1 Å². The first-order valence-electron chi connectivity index (χ1n) is 4.85. The van der Waals surface area contributed by atoms with Crippen molar-refractivity contribution in [3.05, 3.63) is 29.8 Å². The predicted molar refractivity (Wildman–Crippen MR) is 51.6 cm³/mol. The Morgan fingerprint density at radius 2 is 2.00 bits per heavy atom. The zero-order chi connectivity index (χ0) is 11.7. The zero-order valence-electron chi connectivity index (χ0n) is 8.27. The van der Waals surface area contributed by atoms with Gasteiger partial charge in [-0.15, -0.1) is 0 Å².